The summed E-state index contributed by atoms with van der Waals surface area (Å²) in [5.74, 6) is 0.890. The Hall–Kier alpha value is -3.71. The molecule has 0 bridgehead atoms. The van der Waals surface area contributed by atoms with Crippen LogP contribution in [-0.4, -0.2) is 26.3 Å². The molecule has 0 radical (unpaired) electrons. The number of amides is 1. The Morgan fingerprint density at radius 2 is 1.55 bits per heavy atom. The Balaban J connectivity index is 1.29. The molecule has 1 amide bonds. The predicted octanol–water partition coefficient (Wildman–Crippen LogP) is 8.89. The number of hydrogen-bond donors (Lipinski definition) is 0. The van der Waals surface area contributed by atoms with Gasteiger partial charge >= 0.3 is 0 Å². The molecule has 7 heteroatoms. The minimum absolute atomic E-state index is 0.0290. The van der Waals surface area contributed by atoms with E-state index in [1.165, 1.54) is 16.7 Å². The Kier molecular flexibility index (Phi) is 8.09. The van der Waals surface area contributed by atoms with E-state index in [4.69, 9.17) is 16.6 Å². The van der Waals surface area contributed by atoms with Gasteiger partial charge in [0.2, 0.25) is 0 Å². The van der Waals surface area contributed by atoms with Gasteiger partial charge in [-0.05, 0) is 65.9 Å². The predicted molar refractivity (Wildman–Crippen MR) is 170 cm³/mol. The molecule has 0 unspecified atom stereocenters. The van der Waals surface area contributed by atoms with Crippen molar-refractivity contribution in [1.82, 2.24) is 9.47 Å². The van der Waals surface area contributed by atoms with Crippen molar-refractivity contribution in [3.8, 4) is 0 Å². The molecule has 4 nitrogen and oxygen atoms in total. The summed E-state index contributed by atoms with van der Waals surface area (Å²) in [5.41, 5.74) is 4.07. The van der Waals surface area contributed by atoms with Crippen LogP contribution in [0.5, 0.6) is 0 Å². The number of hydrogen-bond acceptors (Lipinski definition) is 4. The molecule has 40 heavy (non-hydrogen) atoms. The first-order chi connectivity index (χ1) is 19.6. The normalized spacial score (nSPS) is 15.5. The number of amidine groups is 1. The summed E-state index contributed by atoms with van der Waals surface area (Å²) >= 11 is 9.27. The van der Waals surface area contributed by atoms with Crippen LogP contribution in [0.25, 0.3) is 17.0 Å². The lowest BCUT2D eigenvalue weighted by atomic mass is 10.1. The zero-order chi connectivity index (χ0) is 27.3. The molecule has 5 aromatic rings. The summed E-state index contributed by atoms with van der Waals surface area (Å²) in [4.78, 5) is 22.2. The average molecular weight is 580 g/mol. The second kappa shape index (κ2) is 12.2. The fourth-order valence-corrected chi connectivity index (χ4v) is 6.59. The number of rotatable bonds is 8. The Morgan fingerprint density at radius 1 is 0.850 bits per heavy atom. The molecule has 4 aromatic carbocycles. The van der Waals surface area contributed by atoms with Gasteiger partial charge in [-0.3, -0.25) is 9.69 Å². The van der Waals surface area contributed by atoms with Gasteiger partial charge in [-0.15, -0.1) is 11.8 Å². The second-order valence-corrected chi connectivity index (χ2v) is 11.9. The number of carbonyl (C=O) groups excluding carboxylic acids is 1. The van der Waals surface area contributed by atoms with Crippen molar-refractivity contribution in [2.75, 3.05) is 5.75 Å². The molecule has 6 rings (SSSR count). The SMILES string of the molecule is O=C1/C(=C/c2cn(CCSc3ccc(Cl)cc3)c3ccccc23)SC(=Nc2ccccc2)N1Cc1ccccc1. The highest BCUT2D eigenvalue weighted by Gasteiger charge is 2.33. The molecule has 1 saturated heterocycles. The minimum atomic E-state index is -0.0290. The molecule has 1 aromatic heterocycles. The molecular weight excluding hydrogens is 554 g/mol. The van der Waals surface area contributed by atoms with Gasteiger partial charge in [-0.1, -0.05) is 78.3 Å². The fraction of sp³-hybridized carbons (Fsp3) is 0.0909. The summed E-state index contributed by atoms with van der Waals surface area (Å²) < 4.78 is 2.27. The zero-order valence-electron chi connectivity index (χ0n) is 21.6. The third kappa shape index (κ3) is 6.04. The molecule has 1 aliphatic rings. The topological polar surface area (TPSA) is 37.6 Å². The number of carbonyl (C=O) groups is 1. The first kappa shape index (κ1) is 26.5. The first-order valence-electron chi connectivity index (χ1n) is 13.0. The summed E-state index contributed by atoms with van der Waals surface area (Å²) in [6.07, 6.45) is 4.17. The van der Waals surface area contributed by atoms with Gasteiger partial charge in [0.25, 0.3) is 5.91 Å². The van der Waals surface area contributed by atoms with Crippen molar-refractivity contribution in [1.29, 1.82) is 0 Å². The number of halogens is 1. The first-order valence-corrected chi connectivity index (χ1v) is 15.2. The van der Waals surface area contributed by atoms with Crippen LogP contribution >= 0.6 is 35.1 Å². The maximum Gasteiger partial charge on any atom is 0.267 e. The maximum atomic E-state index is 13.7. The summed E-state index contributed by atoms with van der Waals surface area (Å²) in [5, 5.41) is 2.56. The van der Waals surface area contributed by atoms with Crippen molar-refractivity contribution in [3.63, 3.8) is 0 Å². The zero-order valence-corrected chi connectivity index (χ0v) is 24.0. The van der Waals surface area contributed by atoms with Gasteiger partial charge in [-0.25, -0.2) is 4.99 Å². The lowest BCUT2D eigenvalue weighted by Gasteiger charge is -2.15. The Labute approximate surface area is 247 Å². The lowest BCUT2D eigenvalue weighted by molar-refractivity contribution is -0.122. The minimum Gasteiger partial charge on any atom is -0.346 e. The highest BCUT2D eigenvalue weighted by Crippen LogP contribution is 2.36. The third-order valence-electron chi connectivity index (χ3n) is 6.57. The molecule has 1 fully saturated rings. The van der Waals surface area contributed by atoms with Crippen LogP contribution in [0.1, 0.15) is 11.1 Å². The second-order valence-electron chi connectivity index (χ2n) is 9.31. The van der Waals surface area contributed by atoms with Crippen molar-refractivity contribution in [2.24, 2.45) is 4.99 Å². The quantitative estimate of drug-likeness (QED) is 0.136. The molecule has 1 aliphatic heterocycles. The van der Waals surface area contributed by atoms with E-state index in [1.54, 1.807) is 16.7 Å². The lowest BCUT2D eigenvalue weighted by Crippen LogP contribution is -2.28. The van der Waals surface area contributed by atoms with Crippen LogP contribution in [0, 0.1) is 0 Å². The van der Waals surface area contributed by atoms with E-state index < -0.39 is 0 Å². The fourth-order valence-electron chi connectivity index (χ4n) is 4.62. The number of fused-ring (bicyclic) bond motifs is 1. The van der Waals surface area contributed by atoms with E-state index in [-0.39, 0.29) is 5.91 Å². The number of para-hydroxylation sites is 2. The monoisotopic (exact) mass is 579 g/mol. The van der Waals surface area contributed by atoms with E-state index in [0.717, 1.165) is 45.0 Å². The summed E-state index contributed by atoms with van der Waals surface area (Å²) in [6, 6.07) is 36.1. The van der Waals surface area contributed by atoms with Crippen LogP contribution in [0.3, 0.4) is 0 Å². The van der Waals surface area contributed by atoms with Crippen molar-refractivity contribution >= 4 is 68.9 Å². The van der Waals surface area contributed by atoms with Gasteiger partial charge in [0.15, 0.2) is 5.17 Å². The van der Waals surface area contributed by atoms with Crippen molar-refractivity contribution in [3.05, 3.63) is 136 Å². The van der Waals surface area contributed by atoms with E-state index in [2.05, 4.69) is 41.1 Å². The van der Waals surface area contributed by atoms with E-state index in [9.17, 15) is 4.79 Å². The van der Waals surface area contributed by atoms with Gasteiger partial charge in [-0.2, -0.15) is 0 Å². The molecule has 198 valence electrons. The highest BCUT2D eigenvalue weighted by atomic mass is 35.5. The molecular formula is C33H26ClN3OS2. The number of aryl methyl sites for hydroxylation is 1. The maximum absolute atomic E-state index is 13.7. The standard InChI is InChI=1S/C33H26ClN3OS2/c34-26-15-17-28(18-16-26)39-20-19-36-23-25(29-13-7-8-14-30(29)36)21-31-32(38)37(22-24-9-3-1-4-10-24)33(40-31)35-27-11-5-2-6-12-27/h1-18,21,23H,19-20,22H2/b31-21-,35-33?. The van der Waals surface area contributed by atoms with Crippen molar-refractivity contribution < 1.29 is 4.79 Å². The number of benzene rings is 4. The molecule has 0 N–H and O–H groups in total. The molecule has 2 heterocycles. The van der Waals surface area contributed by atoms with Crippen LogP contribution in [0.15, 0.2) is 130 Å². The average Bonchev–Trinajstić information content (AvgIpc) is 3.48. The van der Waals surface area contributed by atoms with Gasteiger partial charge < -0.3 is 4.57 Å². The molecule has 0 atom stereocenters. The molecule has 0 saturated carbocycles. The van der Waals surface area contributed by atoms with E-state index >= 15 is 0 Å². The Bertz CT molecular complexity index is 1700. The van der Waals surface area contributed by atoms with Crippen LogP contribution in [-0.2, 0) is 17.9 Å². The summed E-state index contributed by atoms with van der Waals surface area (Å²) in [7, 11) is 0. The molecule has 0 spiro atoms. The number of aliphatic imine (C=N–C) groups is 1. The van der Waals surface area contributed by atoms with Crippen LogP contribution < -0.4 is 0 Å². The number of thioether (sulfide) groups is 2. The van der Waals surface area contributed by atoms with Gasteiger partial charge in [0.1, 0.15) is 0 Å². The van der Waals surface area contributed by atoms with E-state index in [0.29, 0.717) is 16.6 Å². The number of aromatic nitrogens is 1. The van der Waals surface area contributed by atoms with Crippen LogP contribution in [0.2, 0.25) is 5.02 Å². The highest BCUT2D eigenvalue weighted by molar-refractivity contribution is 8.18. The smallest absolute Gasteiger partial charge is 0.267 e. The third-order valence-corrected chi connectivity index (χ3v) is 8.82. The van der Waals surface area contributed by atoms with Crippen LogP contribution in [0.4, 0.5) is 5.69 Å². The van der Waals surface area contributed by atoms with E-state index in [1.807, 2.05) is 84.9 Å². The van der Waals surface area contributed by atoms with Crippen molar-refractivity contribution in [2.45, 2.75) is 18.0 Å². The van der Waals surface area contributed by atoms with Gasteiger partial charge in [0.05, 0.1) is 17.1 Å². The number of nitrogens with zero attached hydrogens (tertiary/aromatic N) is 3. The Morgan fingerprint density at radius 3 is 2.33 bits per heavy atom. The largest absolute Gasteiger partial charge is 0.346 e. The van der Waals surface area contributed by atoms with Gasteiger partial charge in [0, 0.05) is 44.9 Å². The molecule has 0 aliphatic carbocycles. The summed E-state index contributed by atoms with van der Waals surface area (Å²) in [6.45, 7) is 1.32.